The third-order valence-electron chi connectivity index (χ3n) is 5.76. The minimum atomic E-state index is -0.614. The number of carbonyl (C=O) groups excluding carboxylic acids is 2. The van der Waals surface area contributed by atoms with Crippen LogP contribution in [-0.2, 0) is 14.3 Å². The highest BCUT2D eigenvalue weighted by Gasteiger charge is 2.39. The first-order chi connectivity index (χ1) is 17.5. The van der Waals surface area contributed by atoms with Gasteiger partial charge >= 0.3 is 12.1 Å². The Labute approximate surface area is 228 Å². The van der Waals surface area contributed by atoms with Crippen LogP contribution in [0.25, 0.3) is 0 Å². The molecule has 10 heteroatoms. The number of esters is 1. The molecule has 3 rings (SSSR count). The van der Waals surface area contributed by atoms with E-state index in [1.54, 1.807) is 36.2 Å². The number of piperidine rings is 1. The van der Waals surface area contributed by atoms with Crippen molar-refractivity contribution in [3.8, 4) is 11.6 Å². The van der Waals surface area contributed by atoms with Crippen LogP contribution >= 0.6 is 23.2 Å². The highest BCUT2D eigenvalue weighted by molar-refractivity contribution is 6.37. The average molecular weight is 553 g/mol. The minimum absolute atomic E-state index is 0.145. The van der Waals surface area contributed by atoms with Gasteiger partial charge in [-0.05, 0) is 64.3 Å². The minimum Gasteiger partial charge on any atom is -0.487 e. The predicted molar refractivity (Wildman–Crippen MR) is 142 cm³/mol. The highest BCUT2D eigenvalue weighted by Crippen LogP contribution is 2.35. The Bertz CT molecular complexity index is 1060. The maximum absolute atomic E-state index is 12.8. The summed E-state index contributed by atoms with van der Waals surface area (Å²) in [7, 11) is 0. The summed E-state index contributed by atoms with van der Waals surface area (Å²) < 4.78 is 22.2. The fraction of sp³-hybridized carbons (Fsp3) is 0.519. The zero-order valence-corrected chi connectivity index (χ0v) is 23.4. The van der Waals surface area contributed by atoms with Crippen molar-refractivity contribution in [2.24, 2.45) is 5.92 Å². The molecule has 202 valence electrons. The van der Waals surface area contributed by atoms with Crippen LogP contribution in [0.15, 0.2) is 30.5 Å². The number of halogens is 2. The molecule has 0 bridgehead atoms. The summed E-state index contributed by atoms with van der Waals surface area (Å²) in [6.45, 7) is 10.5. The van der Waals surface area contributed by atoms with Crippen molar-refractivity contribution in [2.75, 3.05) is 32.9 Å². The van der Waals surface area contributed by atoms with E-state index < -0.39 is 17.6 Å². The Kier molecular flexibility index (Phi) is 9.90. The van der Waals surface area contributed by atoms with Crippen LogP contribution in [0.5, 0.6) is 11.6 Å². The van der Waals surface area contributed by atoms with E-state index in [1.807, 2.05) is 33.8 Å². The zero-order chi connectivity index (χ0) is 27.2. The van der Waals surface area contributed by atoms with Gasteiger partial charge in [-0.1, -0.05) is 29.3 Å². The second-order valence-electron chi connectivity index (χ2n) is 9.86. The van der Waals surface area contributed by atoms with Crippen LogP contribution in [0.4, 0.5) is 4.79 Å². The summed E-state index contributed by atoms with van der Waals surface area (Å²) >= 11 is 12.4. The summed E-state index contributed by atoms with van der Waals surface area (Å²) in [5.41, 5.74) is 1.21. The Balaban J connectivity index is 1.60. The van der Waals surface area contributed by atoms with Gasteiger partial charge in [-0.2, -0.15) is 0 Å². The lowest BCUT2D eigenvalue weighted by molar-refractivity contribution is -0.150. The first-order valence-corrected chi connectivity index (χ1v) is 13.1. The summed E-state index contributed by atoms with van der Waals surface area (Å²) in [5.74, 6) is -0.164. The van der Waals surface area contributed by atoms with Crippen molar-refractivity contribution >= 4 is 35.3 Å². The third kappa shape index (κ3) is 8.14. The van der Waals surface area contributed by atoms with Crippen LogP contribution in [0.2, 0.25) is 10.0 Å². The number of hydrogen-bond donors (Lipinski definition) is 0. The van der Waals surface area contributed by atoms with Crippen LogP contribution < -0.4 is 9.47 Å². The van der Waals surface area contributed by atoms with E-state index in [9.17, 15) is 9.59 Å². The number of benzene rings is 1. The number of hydrogen-bond acceptors (Lipinski definition) is 7. The lowest BCUT2D eigenvalue weighted by atomic mass is 9.81. The second kappa shape index (κ2) is 12.7. The van der Waals surface area contributed by atoms with Gasteiger partial charge in [0.25, 0.3) is 0 Å². The van der Waals surface area contributed by atoms with Crippen molar-refractivity contribution in [1.82, 2.24) is 9.88 Å². The Morgan fingerprint density at radius 1 is 1.11 bits per heavy atom. The molecular weight excluding hydrogens is 519 g/mol. The summed E-state index contributed by atoms with van der Waals surface area (Å²) in [5, 5.41) is 0.891. The molecule has 8 nitrogen and oxygen atoms in total. The van der Waals surface area contributed by atoms with Gasteiger partial charge in [-0.3, -0.25) is 4.79 Å². The monoisotopic (exact) mass is 552 g/mol. The van der Waals surface area contributed by atoms with Crippen LogP contribution in [0, 0.1) is 12.8 Å². The molecule has 1 aromatic carbocycles. The maximum Gasteiger partial charge on any atom is 0.410 e. The van der Waals surface area contributed by atoms with Crippen molar-refractivity contribution in [1.29, 1.82) is 0 Å². The molecule has 1 saturated heterocycles. The van der Waals surface area contributed by atoms with Crippen molar-refractivity contribution in [2.45, 2.75) is 52.6 Å². The second-order valence-corrected chi connectivity index (χ2v) is 10.7. The molecule has 37 heavy (non-hydrogen) atoms. The quantitative estimate of drug-likeness (QED) is 0.290. The van der Waals surface area contributed by atoms with E-state index in [1.165, 1.54) is 0 Å². The fourth-order valence-electron chi connectivity index (χ4n) is 4.14. The van der Waals surface area contributed by atoms with Gasteiger partial charge < -0.3 is 23.8 Å². The van der Waals surface area contributed by atoms with Crippen LogP contribution in [0.3, 0.4) is 0 Å². The first kappa shape index (κ1) is 28.9. The van der Waals surface area contributed by atoms with Gasteiger partial charge in [0, 0.05) is 31.3 Å². The van der Waals surface area contributed by atoms with Gasteiger partial charge in [-0.15, -0.1) is 0 Å². The molecule has 0 saturated carbocycles. The van der Waals surface area contributed by atoms with E-state index in [2.05, 4.69) is 4.98 Å². The molecule has 1 aromatic heterocycles. The smallest absolute Gasteiger partial charge is 0.410 e. The molecule has 2 aromatic rings. The molecule has 0 spiro atoms. The number of aryl methyl sites for hydroxylation is 1. The van der Waals surface area contributed by atoms with Gasteiger partial charge in [-0.25, -0.2) is 9.78 Å². The number of amides is 1. The number of nitrogens with zero attached hydrogens (tertiary/aromatic N) is 2. The van der Waals surface area contributed by atoms with Gasteiger partial charge in [0.05, 0.1) is 22.6 Å². The van der Waals surface area contributed by atoms with E-state index in [-0.39, 0.29) is 38.3 Å². The number of carbonyl (C=O) groups is 2. The zero-order valence-electron chi connectivity index (χ0n) is 21.9. The summed E-state index contributed by atoms with van der Waals surface area (Å²) in [6, 6.07) is 7.21. The van der Waals surface area contributed by atoms with E-state index in [4.69, 9.17) is 42.1 Å². The van der Waals surface area contributed by atoms with Crippen molar-refractivity contribution in [3.05, 3.63) is 51.6 Å². The van der Waals surface area contributed by atoms with Crippen LogP contribution in [0.1, 0.15) is 51.2 Å². The molecule has 1 aliphatic heterocycles. The Morgan fingerprint density at radius 2 is 1.78 bits per heavy atom. The van der Waals surface area contributed by atoms with E-state index in [0.29, 0.717) is 34.6 Å². The molecule has 1 amide bonds. The van der Waals surface area contributed by atoms with Crippen molar-refractivity contribution in [3.63, 3.8) is 0 Å². The predicted octanol–water partition coefficient (Wildman–Crippen LogP) is 6.06. The Morgan fingerprint density at radius 3 is 2.38 bits per heavy atom. The highest BCUT2D eigenvalue weighted by atomic mass is 35.5. The maximum atomic E-state index is 12.8. The molecular formula is C27H34Cl2N2O6. The standard InChI is InChI=1S/C27H34Cl2N2O6/c1-6-34-25(32)20-16-31(26(33)37-27(3,4)5)10-9-19(20)18-7-8-23(30-15-18)35-11-12-36-24-21(28)13-17(2)14-22(24)29/h7-8,13-15,19-20H,6,9-12,16H2,1-5H3/t19-,20-/m1/s1. The fourth-order valence-corrected chi connectivity index (χ4v) is 4.85. The molecule has 0 unspecified atom stereocenters. The van der Waals surface area contributed by atoms with Gasteiger partial charge in [0.15, 0.2) is 5.75 Å². The van der Waals surface area contributed by atoms with E-state index >= 15 is 0 Å². The van der Waals surface area contributed by atoms with Crippen molar-refractivity contribution < 1.29 is 28.5 Å². The third-order valence-corrected chi connectivity index (χ3v) is 6.33. The summed E-state index contributed by atoms with van der Waals surface area (Å²) in [6.07, 6.45) is 1.85. The van der Waals surface area contributed by atoms with Crippen LogP contribution in [-0.4, -0.2) is 60.5 Å². The largest absolute Gasteiger partial charge is 0.487 e. The lowest BCUT2D eigenvalue weighted by Crippen LogP contribution is -2.47. The normalized spacial score (nSPS) is 17.8. The SMILES string of the molecule is CCOC(=O)[C@@H]1CN(C(=O)OC(C)(C)C)CC[C@@H]1c1ccc(OCCOc2c(Cl)cc(C)cc2Cl)nc1. The molecule has 2 atom stereocenters. The van der Waals surface area contributed by atoms with Gasteiger partial charge in [0.2, 0.25) is 5.88 Å². The molecule has 2 heterocycles. The average Bonchev–Trinajstić information content (AvgIpc) is 2.82. The summed E-state index contributed by atoms with van der Waals surface area (Å²) in [4.78, 5) is 31.3. The number of pyridine rings is 1. The van der Waals surface area contributed by atoms with Gasteiger partial charge in [0.1, 0.15) is 18.8 Å². The number of rotatable bonds is 8. The number of likely N-dealkylation sites (tertiary alicyclic amines) is 1. The number of ether oxygens (including phenoxy) is 4. The molecule has 1 aliphatic rings. The first-order valence-electron chi connectivity index (χ1n) is 12.3. The molecule has 0 N–H and O–H groups in total. The van der Waals surface area contributed by atoms with E-state index in [0.717, 1.165) is 11.1 Å². The lowest BCUT2D eigenvalue weighted by Gasteiger charge is -2.38. The number of aromatic nitrogens is 1. The Hall–Kier alpha value is -2.71. The molecule has 1 fully saturated rings. The topological polar surface area (TPSA) is 87.2 Å². The molecule has 0 aliphatic carbocycles. The molecule has 0 radical (unpaired) electrons.